The molecule has 5 heteroatoms. The fourth-order valence-corrected chi connectivity index (χ4v) is 5.46. The molecule has 35 heavy (non-hydrogen) atoms. The van der Waals surface area contributed by atoms with E-state index in [9.17, 15) is 9.50 Å². The van der Waals surface area contributed by atoms with E-state index in [1.807, 2.05) is 44.2 Å². The lowest BCUT2D eigenvalue weighted by molar-refractivity contribution is 0.0248. The number of nitrogens with zero attached hydrogens (tertiary/aromatic N) is 1. The summed E-state index contributed by atoms with van der Waals surface area (Å²) in [5.74, 6) is -0.327. The summed E-state index contributed by atoms with van der Waals surface area (Å²) in [4.78, 5) is 2.39. The Balaban J connectivity index is 1.72. The Kier molecular flexibility index (Phi) is 7.58. The Morgan fingerprint density at radius 3 is 2.20 bits per heavy atom. The molecule has 3 aromatic carbocycles. The molecule has 1 aliphatic rings. The van der Waals surface area contributed by atoms with Crippen molar-refractivity contribution < 1.29 is 18.6 Å². The number of benzene rings is 3. The van der Waals surface area contributed by atoms with Crippen LogP contribution >= 0.6 is 0 Å². The van der Waals surface area contributed by atoms with Crippen molar-refractivity contribution >= 4 is 0 Å². The maximum absolute atomic E-state index is 15.5. The van der Waals surface area contributed by atoms with Crippen LogP contribution in [0.5, 0.6) is 5.75 Å². The molecule has 1 heterocycles. The van der Waals surface area contributed by atoms with Gasteiger partial charge < -0.3 is 9.84 Å². The van der Waals surface area contributed by atoms with Crippen LogP contribution < -0.4 is 4.74 Å². The first-order chi connectivity index (χ1) is 16.8. The highest BCUT2D eigenvalue weighted by atomic mass is 19.1. The number of hydrogen-bond acceptors (Lipinski definition) is 3. The number of piperidine rings is 1. The fraction of sp³-hybridized carbons (Fsp3) is 0.400. The summed E-state index contributed by atoms with van der Waals surface area (Å²) in [7, 11) is 1.53. The van der Waals surface area contributed by atoms with Crippen LogP contribution in [0.25, 0.3) is 0 Å². The molecule has 0 unspecified atom stereocenters. The minimum Gasteiger partial charge on any atom is -0.497 e. The van der Waals surface area contributed by atoms with E-state index < -0.39 is 16.8 Å². The Morgan fingerprint density at radius 2 is 1.60 bits per heavy atom. The molecular formula is C30H35F2NO2. The topological polar surface area (TPSA) is 32.7 Å². The molecule has 3 nitrogen and oxygen atoms in total. The minimum atomic E-state index is -1.20. The molecule has 1 aliphatic heterocycles. The Bertz CT molecular complexity index is 1140. The number of ether oxygens (including phenoxy) is 1. The highest BCUT2D eigenvalue weighted by Gasteiger charge is 2.40. The quantitative estimate of drug-likeness (QED) is 0.397. The zero-order valence-electron chi connectivity index (χ0n) is 20.9. The smallest absolute Gasteiger partial charge is 0.129 e. The molecule has 4 rings (SSSR count). The molecule has 186 valence electrons. The van der Waals surface area contributed by atoms with Gasteiger partial charge >= 0.3 is 0 Å². The van der Waals surface area contributed by atoms with Gasteiger partial charge in [-0.15, -0.1) is 0 Å². The van der Waals surface area contributed by atoms with Crippen molar-refractivity contribution in [3.63, 3.8) is 0 Å². The number of rotatable bonds is 8. The van der Waals surface area contributed by atoms with Crippen LogP contribution in [0, 0.1) is 11.6 Å². The van der Waals surface area contributed by atoms with Crippen LogP contribution in [-0.4, -0.2) is 30.2 Å². The van der Waals surface area contributed by atoms with Gasteiger partial charge in [0, 0.05) is 23.6 Å². The molecule has 0 radical (unpaired) electrons. The SMILES string of the molecule is CCC(O)(CC)c1ccc(C2(c3cc(F)cc(OC)c3)CCN(Cc3ccccc3)CC2)cc1F. The lowest BCUT2D eigenvalue weighted by Crippen LogP contribution is -2.43. The third kappa shape index (κ3) is 5.12. The van der Waals surface area contributed by atoms with Gasteiger partial charge in [-0.2, -0.15) is 0 Å². The highest BCUT2D eigenvalue weighted by Crippen LogP contribution is 2.44. The molecule has 1 N–H and O–H groups in total. The molecule has 1 fully saturated rings. The van der Waals surface area contributed by atoms with Gasteiger partial charge in [-0.3, -0.25) is 4.90 Å². The first-order valence-corrected chi connectivity index (χ1v) is 12.5. The number of halogens is 2. The first-order valence-electron chi connectivity index (χ1n) is 12.5. The van der Waals surface area contributed by atoms with Crippen LogP contribution in [0.1, 0.15) is 61.8 Å². The lowest BCUT2D eigenvalue weighted by atomic mass is 9.67. The molecule has 0 aromatic heterocycles. The number of methoxy groups -OCH3 is 1. The normalized spacial score (nSPS) is 16.3. The van der Waals surface area contributed by atoms with Crippen molar-refractivity contribution in [1.82, 2.24) is 4.90 Å². The van der Waals surface area contributed by atoms with Gasteiger partial charge in [-0.25, -0.2) is 8.78 Å². The number of hydrogen-bond donors (Lipinski definition) is 1. The van der Waals surface area contributed by atoms with Gasteiger partial charge in [-0.1, -0.05) is 56.3 Å². The third-order valence-electron chi connectivity index (χ3n) is 7.81. The van der Waals surface area contributed by atoms with Gasteiger partial charge in [0.15, 0.2) is 0 Å². The molecule has 1 saturated heterocycles. The average molecular weight is 480 g/mol. The molecule has 3 aromatic rings. The summed E-state index contributed by atoms with van der Waals surface area (Å²) in [6, 6.07) is 20.3. The van der Waals surface area contributed by atoms with Crippen molar-refractivity contribution in [2.24, 2.45) is 0 Å². The molecule has 0 saturated carbocycles. The van der Waals surface area contributed by atoms with Gasteiger partial charge in [-0.05, 0) is 73.7 Å². The second-order valence-electron chi connectivity index (χ2n) is 9.66. The molecule has 0 atom stereocenters. The van der Waals surface area contributed by atoms with Gasteiger partial charge in [0.25, 0.3) is 0 Å². The Morgan fingerprint density at radius 1 is 0.914 bits per heavy atom. The monoisotopic (exact) mass is 479 g/mol. The predicted octanol–water partition coefficient (Wildman–Crippen LogP) is 6.56. The van der Waals surface area contributed by atoms with Crippen molar-refractivity contribution in [1.29, 1.82) is 0 Å². The van der Waals surface area contributed by atoms with E-state index >= 15 is 4.39 Å². The lowest BCUT2D eigenvalue weighted by Gasteiger charge is -2.43. The summed E-state index contributed by atoms with van der Waals surface area (Å²) in [6.07, 6.45) is 2.30. The second kappa shape index (κ2) is 10.5. The average Bonchev–Trinajstić information content (AvgIpc) is 2.89. The van der Waals surface area contributed by atoms with Crippen molar-refractivity contribution in [2.45, 2.75) is 57.1 Å². The highest BCUT2D eigenvalue weighted by molar-refractivity contribution is 5.45. The van der Waals surface area contributed by atoms with E-state index in [2.05, 4.69) is 17.0 Å². The van der Waals surface area contributed by atoms with Crippen LogP contribution in [0.3, 0.4) is 0 Å². The van der Waals surface area contributed by atoms with Crippen molar-refractivity contribution in [2.75, 3.05) is 20.2 Å². The van der Waals surface area contributed by atoms with Crippen LogP contribution in [0.4, 0.5) is 8.78 Å². The molecule has 0 aliphatic carbocycles. The minimum absolute atomic E-state index is 0.319. The Labute approximate surface area is 207 Å². The van der Waals surface area contributed by atoms with Gasteiger partial charge in [0.05, 0.1) is 12.7 Å². The van der Waals surface area contributed by atoms with Gasteiger partial charge in [0.1, 0.15) is 17.4 Å². The molecule has 0 bridgehead atoms. The predicted molar refractivity (Wildman–Crippen MR) is 136 cm³/mol. The van der Waals surface area contributed by atoms with E-state index in [0.29, 0.717) is 24.2 Å². The van der Waals surface area contributed by atoms with Crippen LogP contribution in [-0.2, 0) is 17.6 Å². The number of aliphatic hydroxyl groups is 1. The summed E-state index contributed by atoms with van der Waals surface area (Å²) in [6.45, 7) is 6.16. The zero-order chi connectivity index (χ0) is 25.1. The summed E-state index contributed by atoms with van der Waals surface area (Å²) in [5.41, 5.74) is 1.42. The van der Waals surface area contributed by atoms with E-state index in [1.165, 1.54) is 18.7 Å². The summed E-state index contributed by atoms with van der Waals surface area (Å²) in [5, 5.41) is 10.9. The molecule has 0 amide bonds. The van der Waals surface area contributed by atoms with E-state index in [-0.39, 0.29) is 5.82 Å². The fourth-order valence-electron chi connectivity index (χ4n) is 5.46. The number of likely N-dealkylation sites (tertiary alicyclic amines) is 1. The molecule has 0 spiro atoms. The third-order valence-corrected chi connectivity index (χ3v) is 7.81. The Hall–Kier alpha value is -2.76. The van der Waals surface area contributed by atoms with E-state index in [4.69, 9.17) is 4.74 Å². The van der Waals surface area contributed by atoms with E-state index in [1.54, 1.807) is 18.2 Å². The second-order valence-corrected chi connectivity index (χ2v) is 9.66. The summed E-state index contributed by atoms with van der Waals surface area (Å²) >= 11 is 0. The maximum atomic E-state index is 15.5. The van der Waals surface area contributed by atoms with Crippen molar-refractivity contribution in [3.05, 3.63) is 101 Å². The van der Waals surface area contributed by atoms with E-state index in [0.717, 1.165) is 43.6 Å². The maximum Gasteiger partial charge on any atom is 0.129 e. The largest absolute Gasteiger partial charge is 0.497 e. The molecular weight excluding hydrogens is 444 g/mol. The van der Waals surface area contributed by atoms with Crippen molar-refractivity contribution in [3.8, 4) is 5.75 Å². The van der Waals surface area contributed by atoms with Gasteiger partial charge in [0.2, 0.25) is 0 Å². The first kappa shape index (κ1) is 25.3. The summed E-state index contributed by atoms with van der Waals surface area (Å²) < 4.78 is 35.5. The standard InChI is InChI=1S/C30H35F2NO2/c1-4-30(34,5-2)27-12-11-23(19-28(27)32)29(24-17-25(31)20-26(18-24)35-3)13-15-33(16-14-29)21-22-9-7-6-8-10-22/h6-12,17-20,34H,4-5,13-16,21H2,1-3H3. The van der Waals surface area contributed by atoms with Crippen LogP contribution in [0.2, 0.25) is 0 Å². The zero-order valence-corrected chi connectivity index (χ0v) is 20.9. The van der Waals surface area contributed by atoms with Crippen LogP contribution in [0.15, 0.2) is 66.7 Å².